The van der Waals surface area contributed by atoms with Crippen LogP contribution in [0.15, 0.2) is 58.9 Å². The molecular formula is C27H35N3OS. The predicted molar refractivity (Wildman–Crippen MR) is 135 cm³/mol. The SMILES string of the molecule is CCn1c(CCNc2ccc(Oc3ccc(C)cc3)cc2)csc1=NC1CCCCCC1. The van der Waals surface area contributed by atoms with Crippen molar-refractivity contribution in [1.82, 2.24) is 4.57 Å². The molecule has 170 valence electrons. The largest absolute Gasteiger partial charge is 0.457 e. The molecule has 5 heteroatoms. The number of nitrogens with zero attached hydrogens (tertiary/aromatic N) is 2. The van der Waals surface area contributed by atoms with Gasteiger partial charge in [0.05, 0.1) is 6.04 Å². The van der Waals surface area contributed by atoms with Crippen molar-refractivity contribution in [3.63, 3.8) is 0 Å². The molecule has 1 aliphatic rings. The summed E-state index contributed by atoms with van der Waals surface area (Å²) in [5.41, 5.74) is 3.72. The Morgan fingerprint density at radius 3 is 2.28 bits per heavy atom. The van der Waals surface area contributed by atoms with Gasteiger partial charge in [0.1, 0.15) is 11.5 Å². The number of benzene rings is 2. The van der Waals surface area contributed by atoms with Crippen LogP contribution in [0.3, 0.4) is 0 Å². The van der Waals surface area contributed by atoms with Gasteiger partial charge in [-0.1, -0.05) is 43.4 Å². The number of hydrogen-bond donors (Lipinski definition) is 1. The van der Waals surface area contributed by atoms with Crippen LogP contribution in [0.25, 0.3) is 0 Å². The molecule has 4 rings (SSSR count). The lowest BCUT2D eigenvalue weighted by atomic mass is 10.1. The van der Waals surface area contributed by atoms with E-state index in [1.54, 1.807) is 11.3 Å². The molecule has 1 N–H and O–H groups in total. The molecule has 4 nitrogen and oxygen atoms in total. The lowest BCUT2D eigenvalue weighted by molar-refractivity contribution is 0.482. The number of thiazole rings is 1. The van der Waals surface area contributed by atoms with E-state index in [-0.39, 0.29) is 0 Å². The zero-order valence-corrected chi connectivity index (χ0v) is 20.2. The Hall–Kier alpha value is -2.53. The first-order valence-electron chi connectivity index (χ1n) is 12.0. The molecule has 1 saturated carbocycles. The van der Waals surface area contributed by atoms with Gasteiger partial charge in [-0.3, -0.25) is 4.99 Å². The van der Waals surface area contributed by atoms with Crippen molar-refractivity contribution in [2.75, 3.05) is 11.9 Å². The number of aromatic nitrogens is 1. The maximum absolute atomic E-state index is 5.93. The van der Waals surface area contributed by atoms with E-state index in [2.05, 4.69) is 53.4 Å². The van der Waals surface area contributed by atoms with Gasteiger partial charge < -0.3 is 14.6 Å². The first-order chi connectivity index (χ1) is 15.7. The van der Waals surface area contributed by atoms with Gasteiger partial charge >= 0.3 is 0 Å². The van der Waals surface area contributed by atoms with E-state index in [4.69, 9.17) is 9.73 Å². The molecule has 3 aromatic rings. The molecule has 0 saturated heterocycles. The van der Waals surface area contributed by atoms with Gasteiger partial charge in [-0.15, -0.1) is 11.3 Å². The van der Waals surface area contributed by atoms with Gasteiger partial charge in [-0.2, -0.15) is 0 Å². The molecule has 1 aliphatic carbocycles. The minimum absolute atomic E-state index is 0.514. The average molecular weight is 450 g/mol. The summed E-state index contributed by atoms with van der Waals surface area (Å²) in [6.45, 7) is 6.19. The Morgan fingerprint density at radius 2 is 1.62 bits per heavy atom. The second-order valence-corrected chi connectivity index (χ2v) is 9.48. The molecular weight excluding hydrogens is 414 g/mol. The molecule has 2 aromatic carbocycles. The lowest BCUT2D eigenvalue weighted by Gasteiger charge is -2.11. The van der Waals surface area contributed by atoms with Crippen LogP contribution in [0.5, 0.6) is 11.5 Å². The predicted octanol–water partition coefficient (Wildman–Crippen LogP) is 6.95. The number of nitrogens with one attached hydrogen (secondary N) is 1. The number of aryl methyl sites for hydroxylation is 1. The van der Waals surface area contributed by atoms with E-state index < -0.39 is 0 Å². The molecule has 0 unspecified atom stereocenters. The Balaban J connectivity index is 1.32. The van der Waals surface area contributed by atoms with Crippen molar-refractivity contribution in [1.29, 1.82) is 0 Å². The van der Waals surface area contributed by atoms with E-state index in [0.717, 1.165) is 36.7 Å². The quantitative estimate of drug-likeness (QED) is 0.378. The Morgan fingerprint density at radius 1 is 0.969 bits per heavy atom. The number of anilines is 1. The number of rotatable bonds is 8. The highest BCUT2D eigenvalue weighted by Crippen LogP contribution is 2.23. The molecule has 32 heavy (non-hydrogen) atoms. The summed E-state index contributed by atoms with van der Waals surface area (Å²) in [5.74, 6) is 1.72. The third-order valence-electron chi connectivity index (χ3n) is 6.13. The van der Waals surface area contributed by atoms with Gasteiger partial charge in [-0.25, -0.2) is 0 Å². The molecule has 1 aromatic heterocycles. The normalized spacial score (nSPS) is 15.5. The molecule has 0 spiro atoms. The van der Waals surface area contributed by atoms with Crippen molar-refractivity contribution in [2.45, 2.75) is 71.4 Å². The monoisotopic (exact) mass is 449 g/mol. The van der Waals surface area contributed by atoms with Crippen molar-refractivity contribution in [3.05, 3.63) is 70.0 Å². The summed E-state index contributed by atoms with van der Waals surface area (Å²) in [5, 5.41) is 5.84. The topological polar surface area (TPSA) is 38.5 Å². The van der Waals surface area contributed by atoms with Crippen molar-refractivity contribution in [2.24, 2.45) is 4.99 Å². The highest BCUT2D eigenvalue weighted by Gasteiger charge is 2.12. The Bertz CT molecular complexity index is 1030. The second-order valence-electron chi connectivity index (χ2n) is 8.64. The second kappa shape index (κ2) is 11.4. The molecule has 0 atom stereocenters. The van der Waals surface area contributed by atoms with E-state index in [1.807, 2.05) is 24.3 Å². The summed E-state index contributed by atoms with van der Waals surface area (Å²) in [6.07, 6.45) is 8.91. The van der Waals surface area contributed by atoms with Crippen LogP contribution in [0.2, 0.25) is 0 Å². The zero-order chi connectivity index (χ0) is 22.2. The molecule has 1 heterocycles. The maximum atomic E-state index is 5.93. The van der Waals surface area contributed by atoms with Crippen LogP contribution in [-0.4, -0.2) is 17.2 Å². The van der Waals surface area contributed by atoms with Gasteiger partial charge in [0.2, 0.25) is 0 Å². The van der Waals surface area contributed by atoms with Crippen LogP contribution in [0.1, 0.15) is 56.7 Å². The van der Waals surface area contributed by atoms with Crippen LogP contribution >= 0.6 is 11.3 Å². The molecule has 1 fully saturated rings. The Kier molecular flexibility index (Phi) is 8.05. The fraction of sp³-hybridized carbons (Fsp3) is 0.444. The van der Waals surface area contributed by atoms with Crippen molar-refractivity contribution in [3.8, 4) is 11.5 Å². The smallest absolute Gasteiger partial charge is 0.185 e. The summed E-state index contributed by atoms with van der Waals surface area (Å²) in [4.78, 5) is 6.33. The summed E-state index contributed by atoms with van der Waals surface area (Å²) in [7, 11) is 0. The van der Waals surface area contributed by atoms with Gasteiger partial charge in [0.15, 0.2) is 4.80 Å². The lowest BCUT2D eigenvalue weighted by Crippen LogP contribution is -2.21. The van der Waals surface area contributed by atoms with Crippen molar-refractivity contribution >= 4 is 17.0 Å². The van der Waals surface area contributed by atoms with Crippen LogP contribution in [0.4, 0.5) is 5.69 Å². The van der Waals surface area contributed by atoms with Gasteiger partial charge in [0.25, 0.3) is 0 Å². The summed E-state index contributed by atoms with van der Waals surface area (Å²) >= 11 is 1.80. The minimum Gasteiger partial charge on any atom is -0.457 e. The highest BCUT2D eigenvalue weighted by molar-refractivity contribution is 7.07. The van der Waals surface area contributed by atoms with Gasteiger partial charge in [-0.05, 0) is 63.1 Å². The highest BCUT2D eigenvalue weighted by atomic mass is 32.1. The van der Waals surface area contributed by atoms with E-state index >= 15 is 0 Å². The van der Waals surface area contributed by atoms with E-state index in [1.165, 1.54) is 54.6 Å². The third kappa shape index (κ3) is 6.26. The Labute approximate surface area is 196 Å². The maximum Gasteiger partial charge on any atom is 0.185 e. The molecule has 0 aliphatic heterocycles. The zero-order valence-electron chi connectivity index (χ0n) is 19.3. The summed E-state index contributed by atoms with van der Waals surface area (Å²) < 4.78 is 8.32. The first kappa shape index (κ1) is 22.7. The molecule has 0 bridgehead atoms. The van der Waals surface area contributed by atoms with E-state index in [9.17, 15) is 0 Å². The fourth-order valence-corrected chi connectivity index (χ4v) is 5.33. The number of ether oxygens (including phenoxy) is 1. The minimum atomic E-state index is 0.514. The van der Waals surface area contributed by atoms with E-state index in [0.29, 0.717) is 6.04 Å². The number of hydrogen-bond acceptors (Lipinski definition) is 4. The average Bonchev–Trinajstić information content (AvgIpc) is 3.00. The first-order valence-corrected chi connectivity index (χ1v) is 12.9. The fourth-order valence-electron chi connectivity index (χ4n) is 4.26. The molecule has 0 amide bonds. The van der Waals surface area contributed by atoms with Gasteiger partial charge in [0, 0.05) is 36.3 Å². The van der Waals surface area contributed by atoms with Crippen LogP contribution < -0.4 is 14.9 Å². The van der Waals surface area contributed by atoms with Crippen LogP contribution in [0, 0.1) is 6.92 Å². The van der Waals surface area contributed by atoms with Crippen LogP contribution in [-0.2, 0) is 13.0 Å². The standard InChI is InChI=1S/C27H35N3OS/c1-3-30-24(20-32-27(30)29-23-8-6-4-5-7-9-23)18-19-28-22-12-16-26(17-13-22)31-25-14-10-21(2)11-15-25/h10-17,20,23,28H,3-9,18-19H2,1-2H3. The summed E-state index contributed by atoms with van der Waals surface area (Å²) in [6, 6.07) is 16.8. The molecule has 0 radical (unpaired) electrons. The third-order valence-corrected chi connectivity index (χ3v) is 7.06. The van der Waals surface area contributed by atoms with Crippen molar-refractivity contribution < 1.29 is 4.74 Å².